The minimum atomic E-state index is -0.336. The maximum absolute atomic E-state index is 11.7. The smallest absolute Gasteiger partial charge is 0.179 e. The number of halogens is 1. The van der Waals surface area contributed by atoms with E-state index in [1.807, 2.05) is 30.3 Å². The number of rotatable bonds is 5. The van der Waals surface area contributed by atoms with E-state index in [0.717, 1.165) is 24.8 Å². The molecule has 1 aromatic carbocycles. The fourth-order valence-corrected chi connectivity index (χ4v) is 1.37. The van der Waals surface area contributed by atoms with Crippen LogP contribution < -0.4 is 5.73 Å². The summed E-state index contributed by atoms with van der Waals surface area (Å²) in [5.41, 5.74) is 6.50. The second-order valence-corrected chi connectivity index (χ2v) is 3.48. The molecule has 0 saturated heterocycles. The van der Waals surface area contributed by atoms with Crippen LogP contribution in [-0.2, 0) is 0 Å². The van der Waals surface area contributed by atoms with Gasteiger partial charge in [0.25, 0.3) is 0 Å². The molecule has 0 amide bonds. The summed E-state index contributed by atoms with van der Waals surface area (Å²) in [5.74, 6) is 0.0547. The van der Waals surface area contributed by atoms with Gasteiger partial charge in [0.1, 0.15) is 0 Å². The van der Waals surface area contributed by atoms with E-state index in [2.05, 4.69) is 6.92 Å². The fraction of sp³-hybridized carbons (Fsp3) is 0.417. The topological polar surface area (TPSA) is 43.1 Å². The molecule has 0 spiro atoms. The molecule has 2 nitrogen and oxygen atoms in total. The van der Waals surface area contributed by atoms with Crippen LogP contribution in [0, 0.1) is 0 Å². The molecule has 3 heteroatoms. The van der Waals surface area contributed by atoms with Crippen molar-refractivity contribution in [1.82, 2.24) is 0 Å². The first-order valence-corrected chi connectivity index (χ1v) is 5.10. The maximum atomic E-state index is 11.7. The SMILES string of the molecule is CCCC[C@H](N)C(=O)c1ccccc1.Cl. The van der Waals surface area contributed by atoms with Gasteiger partial charge in [-0.2, -0.15) is 0 Å². The van der Waals surface area contributed by atoms with Crippen LogP contribution in [0.3, 0.4) is 0 Å². The molecular weight excluding hydrogens is 210 g/mol. The molecule has 0 aliphatic heterocycles. The highest BCUT2D eigenvalue weighted by molar-refractivity contribution is 5.99. The zero-order chi connectivity index (χ0) is 10.4. The van der Waals surface area contributed by atoms with E-state index in [1.165, 1.54) is 0 Å². The normalized spacial score (nSPS) is 11.6. The summed E-state index contributed by atoms with van der Waals surface area (Å²) >= 11 is 0. The van der Waals surface area contributed by atoms with Crippen molar-refractivity contribution >= 4 is 18.2 Å². The first-order valence-electron chi connectivity index (χ1n) is 5.10. The molecule has 0 fully saturated rings. The Bertz CT molecular complexity index is 287. The van der Waals surface area contributed by atoms with Crippen molar-refractivity contribution in [2.75, 3.05) is 0 Å². The number of hydrogen-bond acceptors (Lipinski definition) is 2. The number of nitrogens with two attached hydrogens (primary N) is 1. The lowest BCUT2D eigenvalue weighted by molar-refractivity contribution is 0.0956. The highest BCUT2D eigenvalue weighted by atomic mass is 35.5. The molecule has 1 rings (SSSR count). The summed E-state index contributed by atoms with van der Waals surface area (Å²) in [6.45, 7) is 2.10. The van der Waals surface area contributed by atoms with Crippen molar-refractivity contribution in [2.45, 2.75) is 32.2 Å². The van der Waals surface area contributed by atoms with Gasteiger partial charge in [0, 0.05) is 5.56 Å². The van der Waals surface area contributed by atoms with E-state index < -0.39 is 0 Å². The summed E-state index contributed by atoms with van der Waals surface area (Å²) in [6, 6.07) is 8.91. The van der Waals surface area contributed by atoms with E-state index in [-0.39, 0.29) is 24.2 Å². The predicted molar refractivity (Wildman–Crippen MR) is 65.5 cm³/mol. The summed E-state index contributed by atoms with van der Waals surface area (Å²) in [7, 11) is 0. The van der Waals surface area contributed by atoms with Gasteiger partial charge in [0.15, 0.2) is 5.78 Å². The summed E-state index contributed by atoms with van der Waals surface area (Å²) < 4.78 is 0. The Morgan fingerprint density at radius 1 is 1.33 bits per heavy atom. The first-order chi connectivity index (χ1) is 6.75. The monoisotopic (exact) mass is 227 g/mol. The van der Waals surface area contributed by atoms with Gasteiger partial charge in [-0.05, 0) is 6.42 Å². The zero-order valence-corrected chi connectivity index (χ0v) is 9.80. The van der Waals surface area contributed by atoms with Gasteiger partial charge in [0.2, 0.25) is 0 Å². The Balaban J connectivity index is 0.00000196. The number of ketones is 1. The molecule has 0 aliphatic carbocycles. The number of hydrogen-bond donors (Lipinski definition) is 1. The van der Waals surface area contributed by atoms with Crippen molar-refractivity contribution in [3.05, 3.63) is 35.9 Å². The number of unbranched alkanes of at least 4 members (excludes halogenated alkanes) is 1. The lowest BCUT2D eigenvalue weighted by Crippen LogP contribution is -2.30. The second kappa shape index (κ2) is 7.43. The van der Waals surface area contributed by atoms with Gasteiger partial charge in [0.05, 0.1) is 6.04 Å². The van der Waals surface area contributed by atoms with E-state index in [4.69, 9.17) is 5.73 Å². The number of carbonyl (C=O) groups excluding carboxylic acids is 1. The van der Waals surface area contributed by atoms with Gasteiger partial charge in [-0.3, -0.25) is 4.79 Å². The average molecular weight is 228 g/mol. The van der Waals surface area contributed by atoms with Crippen LogP contribution in [0.15, 0.2) is 30.3 Å². The largest absolute Gasteiger partial charge is 0.321 e. The van der Waals surface area contributed by atoms with E-state index >= 15 is 0 Å². The van der Waals surface area contributed by atoms with Crippen LogP contribution >= 0.6 is 12.4 Å². The molecule has 0 radical (unpaired) electrons. The van der Waals surface area contributed by atoms with Gasteiger partial charge in [-0.1, -0.05) is 50.1 Å². The lowest BCUT2D eigenvalue weighted by Gasteiger charge is -2.09. The molecule has 1 aromatic rings. The van der Waals surface area contributed by atoms with Crippen LogP contribution in [0.4, 0.5) is 0 Å². The molecule has 1 atom stereocenters. The Morgan fingerprint density at radius 2 is 1.93 bits per heavy atom. The minimum Gasteiger partial charge on any atom is -0.321 e. The third-order valence-corrected chi connectivity index (χ3v) is 2.26. The molecule has 0 aromatic heterocycles. The first kappa shape index (κ1) is 14.1. The van der Waals surface area contributed by atoms with Gasteiger partial charge < -0.3 is 5.73 Å². The van der Waals surface area contributed by atoms with Crippen LogP contribution in [-0.4, -0.2) is 11.8 Å². The second-order valence-electron chi connectivity index (χ2n) is 3.48. The molecular formula is C12H18ClNO. The molecule has 0 aliphatic rings. The number of benzene rings is 1. The fourth-order valence-electron chi connectivity index (χ4n) is 1.37. The van der Waals surface area contributed by atoms with Crippen molar-refractivity contribution in [3.63, 3.8) is 0 Å². The lowest BCUT2D eigenvalue weighted by atomic mass is 10.0. The Morgan fingerprint density at radius 3 is 2.47 bits per heavy atom. The van der Waals surface area contributed by atoms with Crippen molar-refractivity contribution < 1.29 is 4.79 Å². The summed E-state index contributed by atoms with van der Waals surface area (Å²) in [4.78, 5) is 11.7. The van der Waals surface area contributed by atoms with Gasteiger partial charge >= 0.3 is 0 Å². The van der Waals surface area contributed by atoms with Crippen LogP contribution in [0.1, 0.15) is 36.5 Å². The van der Waals surface area contributed by atoms with E-state index in [9.17, 15) is 4.79 Å². The summed E-state index contributed by atoms with van der Waals surface area (Å²) in [5, 5.41) is 0. The van der Waals surface area contributed by atoms with Crippen molar-refractivity contribution in [3.8, 4) is 0 Å². The molecule has 15 heavy (non-hydrogen) atoms. The molecule has 0 bridgehead atoms. The zero-order valence-electron chi connectivity index (χ0n) is 8.98. The predicted octanol–water partition coefficient (Wildman–Crippen LogP) is 2.81. The highest BCUT2D eigenvalue weighted by Crippen LogP contribution is 2.06. The molecule has 84 valence electrons. The summed E-state index contributed by atoms with van der Waals surface area (Å²) in [6.07, 6.45) is 2.87. The van der Waals surface area contributed by atoms with Crippen molar-refractivity contribution in [1.29, 1.82) is 0 Å². The Kier molecular flexibility index (Phi) is 7.01. The van der Waals surface area contributed by atoms with Crippen LogP contribution in [0.5, 0.6) is 0 Å². The van der Waals surface area contributed by atoms with Crippen molar-refractivity contribution in [2.24, 2.45) is 5.73 Å². The number of Topliss-reactive ketones (excluding diaryl/α,β-unsaturated/α-hetero) is 1. The van der Waals surface area contributed by atoms with E-state index in [1.54, 1.807) is 0 Å². The minimum absolute atomic E-state index is 0. The molecule has 0 unspecified atom stereocenters. The maximum Gasteiger partial charge on any atom is 0.179 e. The molecule has 2 N–H and O–H groups in total. The third kappa shape index (κ3) is 4.45. The Hall–Kier alpha value is -0.860. The Labute approximate surface area is 97.3 Å². The standard InChI is InChI=1S/C12H17NO.ClH/c1-2-3-9-11(13)12(14)10-7-5-4-6-8-10;/h4-8,11H,2-3,9,13H2,1H3;1H/t11-;/m0./s1. The van der Waals surface area contributed by atoms with Gasteiger partial charge in [-0.25, -0.2) is 0 Å². The number of carbonyl (C=O) groups is 1. The molecule has 0 heterocycles. The average Bonchev–Trinajstić information content (AvgIpc) is 2.26. The van der Waals surface area contributed by atoms with Crippen LogP contribution in [0.2, 0.25) is 0 Å². The molecule has 0 saturated carbocycles. The third-order valence-electron chi connectivity index (χ3n) is 2.26. The quantitative estimate of drug-likeness (QED) is 0.787. The van der Waals surface area contributed by atoms with Crippen LogP contribution in [0.25, 0.3) is 0 Å². The highest BCUT2D eigenvalue weighted by Gasteiger charge is 2.13. The van der Waals surface area contributed by atoms with E-state index in [0.29, 0.717) is 0 Å². The van der Waals surface area contributed by atoms with Gasteiger partial charge in [-0.15, -0.1) is 12.4 Å².